The zero-order valence-corrected chi connectivity index (χ0v) is 19.4. The van der Waals surface area contributed by atoms with E-state index in [1.165, 1.54) is 12.8 Å². The third-order valence-electron chi connectivity index (χ3n) is 9.96. The van der Waals surface area contributed by atoms with Gasteiger partial charge in [-0.3, -0.25) is 9.69 Å². The van der Waals surface area contributed by atoms with E-state index in [0.717, 1.165) is 41.1 Å². The molecule has 6 heteroatoms. The Balaban J connectivity index is 1.24. The van der Waals surface area contributed by atoms with Crippen molar-refractivity contribution in [1.82, 2.24) is 9.80 Å². The van der Waals surface area contributed by atoms with Crippen LogP contribution < -0.4 is 4.74 Å². The number of phenolic OH excluding ortho intramolecular Hbond substituents is 1. The van der Waals surface area contributed by atoms with E-state index in [1.54, 1.807) is 6.07 Å². The van der Waals surface area contributed by atoms with Gasteiger partial charge in [0.05, 0.1) is 23.1 Å². The van der Waals surface area contributed by atoms with Gasteiger partial charge in [-0.25, -0.2) is 0 Å². The summed E-state index contributed by atoms with van der Waals surface area (Å²) in [6.07, 6.45) is 4.43. The van der Waals surface area contributed by atoms with Crippen molar-refractivity contribution in [3.63, 3.8) is 0 Å². The van der Waals surface area contributed by atoms with E-state index in [1.807, 2.05) is 35.2 Å². The average Bonchev–Trinajstić information content (AvgIpc) is 3.67. The Hall–Kier alpha value is -2.57. The van der Waals surface area contributed by atoms with Gasteiger partial charge in [0.15, 0.2) is 11.5 Å². The number of hydrogen-bond donors (Lipinski definition) is 2. The molecule has 1 amide bonds. The fraction of sp³-hybridized carbons (Fsp3) is 0.536. The third kappa shape index (κ3) is 2.18. The summed E-state index contributed by atoms with van der Waals surface area (Å²) in [5.74, 6) is 1.50. The molecular weight excluding hydrogens is 428 g/mol. The first-order valence-corrected chi connectivity index (χ1v) is 12.8. The Morgan fingerprint density at radius 3 is 2.74 bits per heavy atom. The van der Waals surface area contributed by atoms with Crippen LogP contribution >= 0.6 is 0 Å². The first-order chi connectivity index (χ1) is 16.4. The highest BCUT2D eigenvalue weighted by Gasteiger charge is 2.81. The molecule has 2 N–H and O–H groups in total. The number of piperidine rings is 1. The van der Waals surface area contributed by atoms with Gasteiger partial charge in [0.1, 0.15) is 6.10 Å². The Bertz CT molecular complexity index is 1260. The van der Waals surface area contributed by atoms with Crippen LogP contribution in [0.5, 0.6) is 11.5 Å². The summed E-state index contributed by atoms with van der Waals surface area (Å²) in [5.41, 5.74) is 2.36. The lowest BCUT2D eigenvalue weighted by Crippen LogP contribution is -2.68. The van der Waals surface area contributed by atoms with Crippen LogP contribution in [-0.4, -0.2) is 62.3 Å². The van der Waals surface area contributed by atoms with Crippen LogP contribution in [0.4, 0.5) is 0 Å². The van der Waals surface area contributed by atoms with Crippen molar-refractivity contribution in [2.24, 2.45) is 5.92 Å². The number of benzene rings is 2. The van der Waals surface area contributed by atoms with Gasteiger partial charge in [0, 0.05) is 30.3 Å². The van der Waals surface area contributed by atoms with E-state index < -0.39 is 11.0 Å². The van der Waals surface area contributed by atoms with E-state index in [0.29, 0.717) is 31.2 Å². The molecular formula is C28H30N2O4. The molecule has 6 nitrogen and oxygen atoms in total. The number of nitrogens with zero attached hydrogens (tertiary/aromatic N) is 2. The zero-order chi connectivity index (χ0) is 23.0. The molecule has 2 aromatic carbocycles. The molecule has 3 heterocycles. The smallest absolute Gasteiger partial charge is 0.254 e. The maximum Gasteiger partial charge on any atom is 0.254 e. The fourth-order valence-corrected chi connectivity index (χ4v) is 8.33. The lowest BCUT2D eigenvalue weighted by atomic mass is 9.57. The minimum atomic E-state index is -0.910. The molecule has 6 aliphatic rings. The number of aliphatic hydroxyl groups is 1. The number of carbonyl (C=O) groups is 1. The SMILES string of the molecule is Cc1ccc(O)c2c1[C@]13CC4[C@@H](N4CC4CC4)[C@]1(O)CC[C@@H](N1Cc4ccccc4C1=O)[C@@H]3O2. The minimum absolute atomic E-state index is 0.0557. The molecule has 2 aromatic rings. The van der Waals surface area contributed by atoms with Crippen LogP contribution in [-0.2, 0) is 12.0 Å². The number of carbonyl (C=O) groups excluding carboxylic acids is 1. The molecule has 0 radical (unpaired) electrons. The second-order valence-electron chi connectivity index (χ2n) is 11.6. The van der Waals surface area contributed by atoms with Crippen molar-refractivity contribution < 1.29 is 19.7 Å². The van der Waals surface area contributed by atoms with Crippen LogP contribution in [0.1, 0.15) is 59.2 Å². The van der Waals surface area contributed by atoms with Crippen molar-refractivity contribution in [2.75, 3.05) is 6.54 Å². The molecule has 8 rings (SSSR count). The summed E-state index contributed by atoms with van der Waals surface area (Å²) in [6, 6.07) is 11.9. The predicted molar refractivity (Wildman–Crippen MR) is 125 cm³/mol. The first kappa shape index (κ1) is 19.7. The van der Waals surface area contributed by atoms with Crippen LogP contribution in [0.3, 0.4) is 0 Å². The summed E-state index contributed by atoms with van der Waals surface area (Å²) >= 11 is 0. The van der Waals surface area contributed by atoms with E-state index in [2.05, 4.69) is 11.8 Å². The van der Waals surface area contributed by atoms with Gasteiger partial charge in [0.25, 0.3) is 5.91 Å². The number of hydrogen-bond acceptors (Lipinski definition) is 5. The second-order valence-corrected chi connectivity index (χ2v) is 11.6. The van der Waals surface area contributed by atoms with Crippen LogP contribution in [0, 0.1) is 12.8 Å². The summed E-state index contributed by atoms with van der Waals surface area (Å²) in [6.45, 7) is 3.73. The number of ether oxygens (including phenoxy) is 1. The zero-order valence-electron chi connectivity index (χ0n) is 19.4. The summed E-state index contributed by atoms with van der Waals surface area (Å²) in [7, 11) is 0. The third-order valence-corrected chi connectivity index (χ3v) is 9.96. The molecule has 34 heavy (non-hydrogen) atoms. The summed E-state index contributed by atoms with van der Waals surface area (Å²) in [5, 5.41) is 23.3. The number of fused-ring (bicyclic) bond motifs is 4. The number of likely N-dealkylation sites (tertiary alicyclic amines) is 1. The van der Waals surface area contributed by atoms with Gasteiger partial charge in [-0.2, -0.15) is 0 Å². The topological polar surface area (TPSA) is 73.0 Å². The highest BCUT2D eigenvalue weighted by Crippen LogP contribution is 2.70. The number of aryl methyl sites for hydroxylation is 1. The lowest BCUT2D eigenvalue weighted by Gasteiger charge is -2.53. The highest BCUT2D eigenvalue weighted by molar-refractivity contribution is 5.98. The summed E-state index contributed by atoms with van der Waals surface area (Å²) in [4.78, 5) is 18.0. The number of rotatable bonds is 3. The second kappa shape index (κ2) is 6.16. The minimum Gasteiger partial charge on any atom is -0.504 e. The van der Waals surface area contributed by atoms with E-state index in [-0.39, 0.29) is 29.8 Å². The van der Waals surface area contributed by atoms with E-state index >= 15 is 0 Å². The number of phenols is 1. The Kier molecular flexibility index (Phi) is 3.57. The number of amides is 1. The summed E-state index contributed by atoms with van der Waals surface area (Å²) < 4.78 is 6.64. The van der Waals surface area contributed by atoms with Crippen LogP contribution in [0.2, 0.25) is 0 Å². The van der Waals surface area contributed by atoms with Crippen molar-refractivity contribution in [2.45, 2.75) is 80.8 Å². The Labute approximate surface area is 199 Å². The van der Waals surface area contributed by atoms with Crippen molar-refractivity contribution in [3.8, 4) is 11.5 Å². The molecule has 3 aliphatic carbocycles. The van der Waals surface area contributed by atoms with Gasteiger partial charge < -0.3 is 19.8 Å². The molecule has 3 saturated carbocycles. The quantitative estimate of drug-likeness (QED) is 0.692. The molecule has 0 bridgehead atoms. The largest absolute Gasteiger partial charge is 0.504 e. The lowest BCUT2D eigenvalue weighted by molar-refractivity contribution is -0.127. The van der Waals surface area contributed by atoms with Crippen molar-refractivity contribution in [1.29, 1.82) is 0 Å². The predicted octanol–water partition coefficient (Wildman–Crippen LogP) is 3.12. The normalized spacial score (nSPS) is 40.8. The average molecular weight is 459 g/mol. The number of aromatic hydroxyl groups is 1. The molecule has 176 valence electrons. The Morgan fingerprint density at radius 2 is 1.94 bits per heavy atom. The fourth-order valence-electron chi connectivity index (χ4n) is 8.33. The molecule has 7 atom stereocenters. The van der Waals surface area contributed by atoms with Gasteiger partial charge in [-0.1, -0.05) is 24.3 Å². The van der Waals surface area contributed by atoms with Gasteiger partial charge >= 0.3 is 0 Å². The van der Waals surface area contributed by atoms with E-state index in [4.69, 9.17) is 4.74 Å². The van der Waals surface area contributed by atoms with Crippen LogP contribution in [0.25, 0.3) is 0 Å². The molecule has 2 unspecified atom stereocenters. The first-order valence-electron chi connectivity index (χ1n) is 12.8. The molecule has 4 fully saturated rings. The van der Waals surface area contributed by atoms with Gasteiger partial charge in [0.2, 0.25) is 0 Å². The van der Waals surface area contributed by atoms with Gasteiger partial charge in [-0.05, 0) is 68.2 Å². The Morgan fingerprint density at radius 1 is 1.12 bits per heavy atom. The van der Waals surface area contributed by atoms with Crippen LogP contribution in [0.15, 0.2) is 36.4 Å². The standard InChI is InChI=1S/C28H30N2O4/c1-15-6-9-21(31)23-22(15)27-12-20-24(29(20)13-16-7-8-16)28(27,33)11-10-19(25(27)34-23)30-14-17-4-2-3-5-18(17)26(30)32/h2-6,9,16,19-20,24-25,31,33H,7-8,10-14H2,1H3/t19-,20?,24-,25+,27+,28-,29?/m1/s1. The highest BCUT2D eigenvalue weighted by atomic mass is 16.5. The molecule has 1 spiro atoms. The maximum absolute atomic E-state index is 13.5. The molecule has 1 saturated heterocycles. The maximum atomic E-state index is 13.5. The monoisotopic (exact) mass is 458 g/mol. The van der Waals surface area contributed by atoms with Gasteiger partial charge in [-0.15, -0.1) is 0 Å². The molecule has 0 aromatic heterocycles. The molecule has 3 aliphatic heterocycles. The van der Waals surface area contributed by atoms with E-state index in [9.17, 15) is 15.0 Å². The van der Waals surface area contributed by atoms with Crippen molar-refractivity contribution >= 4 is 5.91 Å². The van der Waals surface area contributed by atoms with Crippen molar-refractivity contribution in [3.05, 3.63) is 58.7 Å².